The van der Waals surface area contributed by atoms with Crippen LogP contribution in [-0.4, -0.2) is 36.4 Å². The molecule has 6 nitrogen and oxygen atoms in total. The van der Waals surface area contributed by atoms with Gasteiger partial charge in [-0.15, -0.1) is 0 Å². The number of carbonyl (C=O) groups excluding carboxylic acids is 3. The molecule has 0 saturated heterocycles. The average Bonchev–Trinajstić information content (AvgIpc) is 2.68. The topological polar surface area (TPSA) is 72.9 Å². The molecule has 0 fully saturated rings. The lowest BCUT2D eigenvalue weighted by atomic mass is 10.1. The van der Waals surface area contributed by atoms with Crippen molar-refractivity contribution in [2.75, 3.05) is 11.4 Å². The Morgan fingerprint density at radius 1 is 1.18 bits per heavy atom. The van der Waals surface area contributed by atoms with Crippen LogP contribution in [0.4, 0.5) is 10.1 Å². The Balaban J connectivity index is 1.60. The van der Waals surface area contributed by atoms with Crippen molar-refractivity contribution in [3.05, 3.63) is 59.9 Å². The first-order valence-corrected chi connectivity index (χ1v) is 8.93. The Morgan fingerprint density at radius 3 is 2.57 bits per heavy atom. The van der Waals surface area contributed by atoms with Crippen LogP contribution in [0.15, 0.2) is 48.5 Å². The summed E-state index contributed by atoms with van der Waals surface area (Å²) in [5.74, 6) is -1.15. The molecule has 2 aromatic carbocycles. The number of amides is 1. The molecule has 3 rings (SSSR count). The number of ketones is 1. The molecule has 2 aromatic rings. The number of hydrogen-bond acceptors (Lipinski definition) is 5. The van der Waals surface area contributed by atoms with Gasteiger partial charge in [0.25, 0.3) is 5.91 Å². The van der Waals surface area contributed by atoms with Gasteiger partial charge in [0, 0.05) is 12.1 Å². The van der Waals surface area contributed by atoms with Gasteiger partial charge in [-0.2, -0.15) is 0 Å². The standard InChI is InChI=1S/C21H20FNO5/c1-13(20(25)15-7-9-16(22)10-8-15)28-19(24)11-12-23-17-5-3-4-6-18(17)27-14(2)21(23)26/h3-10,13-14H,11-12H2,1-2H3/t13-,14+/m0/s1. The average molecular weight is 385 g/mol. The van der Waals surface area contributed by atoms with Crippen LogP contribution in [0, 0.1) is 5.82 Å². The van der Waals surface area contributed by atoms with E-state index in [1.165, 1.54) is 36.1 Å². The van der Waals surface area contributed by atoms with E-state index < -0.39 is 29.8 Å². The van der Waals surface area contributed by atoms with Gasteiger partial charge in [0.15, 0.2) is 12.2 Å². The molecule has 1 amide bonds. The molecule has 0 N–H and O–H groups in total. The molecule has 0 aromatic heterocycles. The number of rotatable bonds is 6. The number of Topliss-reactive ketones (excluding diaryl/α,β-unsaturated/α-hetero) is 1. The van der Waals surface area contributed by atoms with Crippen LogP contribution < -0.4 is 9.64 Å². The molecule has 1 aliphatic heterocycles. The first kappa shape index (κ1) is 19.5. The van der Waals surface area contributed by atoms with Gasteiger partial charge < -0.3 is 14.4 Å². The molecule has 0 aliphatic carbocycles. The minimum Gasteiger partial charge on any atom is -0.479 e. The number of hydrogen-bond donors (Lipinski definition) is 0. The van der Waals surface area contributed by atoms with Gasteiger partial charge in [0.2, 0.25) is 5.78 Å². The van der Waals surface area contributed by atoms with Gasteiger partial charge >= 0.3 is 5.97 Å². The summed E-state index contributed by atoms with van der Waals surface area (Å²) in [6.07, 6.45) is -1.73. The maximum Gasteiger partial charge on any atom is 0.308 e. The predicted octanol–water partition coefficient (Wildman–Crippen LogP) is 3.14. The maximum atomic E-state index is 13.0. The fourth-order valence-electron chi connectivity index (χ4n) is 2.95. The molecule has 0 spiro atoms. The van der Waals surface area contributed by atoms with Gasteiger partial charge in [-0.1, -0.05) is 12.1 Å². The molecule has 1 aliphatic rings. The second kappa shape index (κ2) is 8.21. The molecule has 0 radical (unpaired) electrons. The van der Waals surface area contributed by atoms with Gasteiger partial charge in [0.1, 0.15) is 11.6 Å². The quantitative estimate of drug-likeness (QED) is 0.564. The van der Waals surface area contributed by atoms with Crippen LogP contribution in [0.2, 0.25) is 0 Å². The number of nitrogens with zero attached hydrogens (tertiary/aromatic N) is 1. The van der Waals surface area contributed by atoms with Crippen molar-refractivity contribution in [3.8, 4) is 5.75 Å². The fraction of sp³-hybridized carbons (Fsp3) is 0.286. The van der Waals surface area contributed by atoms with E-state index in [0.717, 1.165) is 0 Å². The van der Waals surface area contributed by atoms with E-state index in [-0.39, 0.29) is 24.4 Å². The summed E-state index contributed by atoms with van der Waals surface area (Å²) in [7, 11) is 0. The first-order valence-electron chi connectivity index (χ1n) is 8.93. The van der Waals surface area contributed by atoms with Crippen LogP contribution in [0.3, 0.4) is 0 Å². The van der Waals surface area contributed by atoms with Crippen molar-refractivity contribution in [1.82, 2.24) is 0 Å². The van der Waals surface area contributed by atoms with Crippen molar-refractivity contribution in [2.45, 2.75) is 32.5 Å². The normalized spacial score (nSPS) is 16.8. The van der Waals surface area contributed by atoms with Crippen molar-refractivity contribution in [1.29, 1.82) is 0 Å². The largest absolute Gasteiger partial charge is 0.479 e. The van der Waals surface area contributed by atoms with E-state index in [0.29, 0.717) is 11.4 Å². The Morgan fingerprint density at radius 2 is 1.86 bits per heavy atom. The zero-order chi connectivity index (χ0) is 20.3. The number of ether oxygens (including phenoxy) is 2. The molecule has 146 valence electrons. The third-order valence-electron chi connectivity index (χ3n) is 4.42. The zero-order valence-electron chi connectivity index (χ0n) is 15.6. The van der Waals surface area contributed by atoms with Crippen LogP contribution in [0.5, 0.6) is 5.75 Å². The first-order chi connectivity index (χ1) is 13.4. The summed E-state index contributed by atoms with van der Waals surface area (Å²) in [5, 5.41) is 0. The molecule has 28 heavy (non-hydrogen) atoms. The van der Waals surface area contributed by atoms with Crippen LogP contribution in [0.25, 0.3) is 0 Å². The molecule has 1 heterocycles. The van der Waals surface area contributed by atoms with Crippen LogP contribution >= 0.6 is 0 Å². The van der Waals surface area contributed by atoms with Crippen molar-refractivity contribution in [3.63, 3.8) is 0 Å². The number of para-hydroxylation sites is 2. The highest BCUT2D eigenvalue weighted by atomic mass is 19.1. The summed E-state index contributed by atoms with van der Waals surface area (Å²) in [5.41, 5.74) is 0.849. The van der Waals surface area contributed by atoms with Crippen molar-refractivity contribution in [2.24, 2.45) is 0 Å². The van der Waals surface area contributed by atoms with E-state index in [9.17, 15) is 18.8 Å². The Bertz CT molecular complexity index is 896. The third kappa shape index (κ3) is 4.19. The van der Waals surface area contributed by atoms with E-state index in [1.54, 1.807) is 31.2 Å². The zero-order valence-corrected chi connectivity index (χ0v) is 15.6. The van der Waals surface area contributed by atoms with E-state index in [2.05, 4.69) is 0 Å². The highest BCUT2D eigenvalue weighted by molar-refractivity contribution is 6.01. The summed E-state index contributed by atoms with van der Waals surface area (Å²) in [4.78, 5) is 38.3. The second-order valence-corrected chi connectivity index (χ2v) is 6.47. The van der Waals surface area contributed by atoms with Gasteiger partial charge in [0.05, 0.1) is 12.1 Å². The van der Waals surface area contributed by atoms with Crippen LogP contribution in [-0.2, 0) is 14.3 Å². The van der Waals surface area contributed by atoms with Gasteiger partial charge in [-0.05, 0) is 50.2 Å². The number of carbonyl (C=O) groups is 3. The number of esters is 1. The minimum absolute atomic E-state index is 0.0756. The lowest BCUT2D eigenvalue weighted by molar-refractivity contribution is -0.146. The predicted molar refractivity (Wildman–Crippen MR) is 99.8 cm³/mol. The SMILES string of the molecule is C[C@H](OC(=O)CCN1C(=O)[C@@H](C)Oc2ccccc21)C(=O)c1ccc(F)cc1. The molecule has 0 bridgehead atoms. The van der Waals surface area contributed by atoms with E-state index in [4.69, 9.17) is 9.47 Å². The van der Waals surface area contributed by atoms with E-state index in [1.807, 2.05) is 0 Å². The number of benzene rings is 2. The number of halogens is 1. The van der Waals surface area contributed by atoms with Gasteiger partial charge in [-0.25, -0.2) is 4.39 Å². The van der Waals surface area contributed by atoms with Crippen molar-refractivity contribution < 1.29 is 28.2 Å². The summed E-state index contributed by atoms with van der Waals surface area (Å²) >= 11 is 0. The Labute approximate surface area is 161 Å². The maximum absolute atomic E-state index is 13.0. The lowest BCUT2D eigenvalue weighted by Gasteiger charge is -2.32. The van der Waals surface area contributed by atoms with Crippen LogP contribution in [0.1, 0.15) is 30.6 Å². The number of anilines is 1. The van der Waals surface area contributed by atoms with Crippen molar-refractivity contribution >= 4 is 23.3 Å². The Hall–Kier alpha value is -3.22. The van der Waals surface area contributed by atoms with Gasteiger partial charge in [-0.3, -0.25) is 14.4 Å². The highest BCUT2D eigenvalue weighted by Gasteiger charge is 2.31. The summed E-state index contributed by atoms with van der Waals surface area (Å²) < 4.78 is 23.7. The third-order valence-corrected chi connectivity index (χ3v) is 4.42. The summed E-state index contributed by atoms with van der Waals surface area (Å²) in [6, 6.07) is 12.1. The monoisotopic (exact) mass is 385 g/mol. The molecular weight excluding hydrogens is 365 g/mol. The smallest absolute Gasteiger partial charge is 0.308 e. The molecule has 7 heteroatoms. The molecule has 0 unspecified atom stereocenters. The minimum atomic E-state index is -1.01. The fourth-order valence-corrected chi connectivity index (χ4v) is 2.95. The molecule has 2 atom stereocenters. The Kier molecular flexibility index (Phi) is 5.73. The molecular formula is C21H20FNO5. The second-order valence-electron chi connectivity index (χ2n) is 6.47. The number of fused-ring (bicyclic) bond motifs is 1. The summed E-state index contributed by atoms with van der Waals surface area (Å²) in [6.45, 7) is 3.22. The van der Waals surface area contributed by atoms with E-state index >= 15 is 0 Å². The lowest BCUT2D eigenvalue weighted by Crippen LogP contribution is -2.45. The molecule has 0 saturated carbocycles. The highest BCUT2D eigenvalue weighted by Crippen LogP contribution is 2.33.